The molecule has 104 valence electrons. The molecule has 0 radical (unpaired) electrons. The van der Waals surface area contributed by atoms with Crippen LogP contribution in [0.4, 0.5) is 8.78 Å². The van der Waals surface area contributed by atoms with E-state index in [-0.39, 0.29) is 19.4 Å². The van der Waals surface area contributed by atoms with E-state index in [1.54, 1.807) is 0 Å². The fraction of sp³-hybridized carbons (Fsp3) is 0.333. The molecule has 7 heteroatoms. The van der Waals surface area contributed by atoms with Crippen molar-refractivity contribution in [3.63, 3.8) is 0 Å². The van der Waals surface area contributed by atoms with E-state index in [4.69, 9.17) is 10.8 Å². The molecule has 1 aromatic carbocycles. The number of primary amides is 1. The van der Waals surface area contributed by atoms with Crippen LogP contribution in [0, 0.1) is 11.6 Å². The van der Waals surface area contributed by atoms with Gasteiger partial charge in [0, 0.05) is 13.0 Å². The third-order valence-corrected chi connectivity index (χ3v) is 2.53. The van der Waals surface area contributed by atoms with Crippen LogP contribution in [0.3, 0.4) is 0 Å². The Morgan fingerprint density at radius 1 is 1.32 bits per heavy atom. The van der Waals surface area contributed by atoms with Crippen molar-refractivity contribution in [3.8, 4) is 0 Å². The Morgan fingerprint density at radius 2 is 2.00 bits per heavy atom. The van der Waals surface area contributed by atoms with Crippen LogP contribution in [0.15, 0.2) is 18.2 Å². The summed E-state index contributed by atoms with van der Waals surface area (Å²) in [7, 11) is 0. The molecular formula is C12H14F2N2O3. The molecule has 0 saturated carbocycles. The molecule has 4 N–H and O–H groups in total. The number of rotatable bonds is 7. The molecule has 0 aromatic heterocycles. The lowest BCUT2D eigenvalue weighted by molar-refractivity contribution is -0.137. The topological polar surface area (TPSA) is 92.4 Å². The summed E-state index contributed by atoms with van der Waals surface area (Å²) in [6, 6.07) is 2.51. The summed E-state index contributed by atoms with van der Waals surface area (Å²) >= 11 is 0. The van der Waals surface area contributed by atoms with Crippen molar-refractivity contribution >= 4 is 11.9 Å². The Kier molecular flexibility index (Phi) is 5.37. The molecule has 0 heterocycles. The Morgan fingerprint density at radius 3 is 2.53 bits per heavy atom. The maximum atomic E-state index is 12.9. The smallest absolute Gasteiger partial charge is 0.303 e. The number of benzene rings is 1. The van der Waals surface area contributed by atoms with E-state index >= 15 is 0 Å². The van der Waals surface area contributed by atoms with Crippen LogP contribution in [0.25, 0.3) is 0 Å². The fourth-order valence-corrected chi connectivity index (χ4v) is 1.50. The van der Waals surface area contributed by atoms with Crippen molar-refractivity contribution in [3.05, 3.63) is 35.4 Å². The largest absolute Gasteiger partial charge is 0.481 e. The summed E-state index contributed by atoms with van der Waals surface area (Å²) in [4.78, 5) is 21.5. The van der Waals surface area contributed by atoms with Crippen molar-refractivity contribution in [1.29, 1.82) is 0 Å². The zero-order valence-electron chi connectivity index (χ0n) is 10.0. The number of aliphatic carboxylic acids is 1. The Hall–Kier alpha value is -2.02. The predicted molar refractivity (Wildman–Crippen MR) is 63.0 cm³/mol. The zero-order chi connectivity index (χ0) is 14.4. The molecule has 1 atom stereocenters. The SMILES string of the molecule is NC(=O)[C@H](CCC(=O)O)NCc1ccc(F)c(F)c1. The van der Waals surface area contributed by atoms with Crippen LogP contribution in [0.2, 0.25) is 0 Å². The third kappa shape index (κ3) is 5.01. The number of carboxylic acids is 1. The average molecular weight is 272 g/mol. The summed E-state index contributed by atoms with van der Waals surface area (Å²) < 4.78 is 25.6. The van der Waals surface area contributed by atoms with Crippen molar-refractivity contribution in [2.45, 2.75) is 25.4 Å². The zero-order valence-corrected chi connectivity index (χ0v) is 10.0. The highest BCUT2D eigenvalue weighted by Gasteiger charge is 2.16. The number of carbonyl (C=O) groups excluding carboxylic acids is 1. The second-order valence-corrected chi connectivity index (χ2v) is 4.02. The third-order valence-electron chi connectivity index (χ3n) is 2.53. The quantitative estimate of drug-likeness (QED) is 0.683. The van der Waals surface area contributed by atoms with Crippen molar-refractivity contribution in [1.82, 2.24) is 5.32 Å². The lowest BCUT2D eigenvalue weighted by Gasteiger charge is -2.14. The molecule has 0 aliphatic heterocycles. The molecule has 0 fully saturated rings. The van der Waals surface area contributed by atoms with E-state index in [1.165, 1.54) is 6.07 Å². The first-order valence-corrected chi connectivity index (χ1v) is 5.58. The van der Waals surface area contributed by atoms with Gasteiger partial charge in [-0.25, -0.2) is 8.78 Å². The van der Waals surface area contributed by atoms with Gasteiger partial charge in [0.05, 0.1) is 6.04 Å². The maximum Gasteiger partial charge on any atom is 0.303 e. The van der Waals surface area contributed by atoms with E-state index in [1.807, 2.05) is 0 Å². The van der Waals surface area contributed by atoms with Crippen LogP contribution in [0.1, 0.15) is 18.4 Å². The molecule has 0 aliphatic carbocycles. The second-order valence-electron chi connectivity index (χ2n) is 4.02. The van der Waals surface area contributed by atoms with Crippen molar-refractivity contribution in [2.24, 2.45) is 5.73 Å². The minimum Gasteiger partial charge on any atom is -0.481 e. The first-order chi connectivity index (χ1) is 8.90. The Balaban J connectivity index is 2.57. The summed E-state index contributed by atoms with van der Waals surface area (Å²) in [5.74, 6) is -3.67. The van der Waals surface area contributed by atoms with Gasteiger partial charge in [0.15, 0.2) is 11.6 Å². The van der Waals surface area contributed by atoms with E-state index in [0.717, 1.165) is 12.1 Å². The van der Waals surface area contributed by atoms with Crippen LogP contribution < -0.4 is 11.1 Å². The molecule has 1 aromatic rings. The molecule has 0 bridgehead atoms. The number of amides is 1. The maximum absolute atomic E-state index is 12.9. The Labute approximate surface area is 108 Å². The lowest BCUT2D eigenvalue weighted by Crippen LogP contribution is -2.41. The van der Waals surface area contributed by atoms with Crippen LogP contribution in [-0.4, -0.2) is 23.0 Å². The molecule has 1 rings (SSSR count). The van der Waals surface area contributed by atoms with Gasteiger partial charge in [-0.05, 0) is 24.1 Å². The first kappa shape index (κ1) is 15.0. The number of hydrogen-bond acceptors (Lipinski definition) is 3. The summed E-state index contributed by atoms with van der Waals surface area (Å²) in [6.07, 6.45) is -0.174. The van der Waals surface area contributed by atoms with Gasteiger partial charge in [-0.15, -0.1) is 0 Å². The number of carboxylic acid groups (broad SMARTS) is 1. The molecule has 0 saturated heterocycles. The monoisotopic (exact) mass is 272 g/mol. The highest BCUT2D eigenvalue weighted by Crippen LogP contribution is 2.09. The van der Waals surface area contributed by atoms with Crippen molar-refractivity contribution in [2.75, 3.05) is 0 Å². The van der Waals surface area contributed by atoms with E-state index in [0.29, 0.717) is 5.56 Å². The van der Waals surface area contributed by atoms with Crippen LogP contribution in [-0.2, 0) is 16.1 Å². The van der Waals surface area contributed by atoms with E-state index in [9.17, 15) is 18.4 Å². The number of hydrogen-bond donors (Lipinski definition) is 3. The molecular weight excluding hydrogens is 258 g/mol. The van der Waals surface area contributed by atoms with Gasteiger partial charge in [0.2, 0.25) is 5.91 Å². The van der Waals surface area contributed by atoms with Gasteiger partial charge in [0.25, 0.3) is 0 Å². The summed E-state index contributed by atoms with van der Waals surface area (Å²) in [5.41, 5.74) is 5.54. The van der Waals surface area contributed by atoms with Crippen LogP contribution in [0.5, 0.6) is 0 Å². The molecule has 1 amide bonds. The van der Waals surface area contributed by atoms with E-state index < -0.39 is 29.6 Å². The molecule has 19 heavy (non-hydrogen) atoms. The molecule has 0 aliphatic rings. The number of halogens is 2. The van der Waals surface area contributed by atoms with Gasteiger partial charge < -0.3 is 16.2 Å². The number of carbonyl (C=O) groups is 2. The van der Waals surface area contributed by atoms with Gasteiger partial charge in [-0.1, -0.05) is 6.07 Å². The normalized spacial score (nSPS) is 12.1. The predicted octanol–water partition coefficient (Wildman–Crippen LogP) is 0.773. The van der Waals surface area contributed by atoms with Gasteiger partial charge in [0.1, 0.15) is 0 Å². The lowest BCUT2D eigenvalue weighted by atomic mass is 10.1. The fourth-order valence-electron chi connectivity index (χ4n) is 1.50. The second kappa shape index (κ2) is 6.79. The summed E-state index contributed by atoms with van der Waals surface area (Å²) in [6.45, 7) is 0.0877. The minimum atomic E-state index is -1.04. The van der Waals surface area contributed by atoms with Gasteiger partial charge in [-0.2, -0.15) is 0 Å². The number of nitrogens with one attached hydrogen (secondary N) is 1. The van der Waals surface area contributed by atoms with E-state index in [2.05, 4.69) is 5.32 Å². The Bertz CT molecular complexity index is 480. The highest BCUT2D eigenvalue weighted by molar-refractivity contribution is 5.80. The minimum absolute atomic E-state index is 0.0361. The van der Waals surface area contributed by atoms with Gasteiger partial charge in [-0.3, -0.25) is 9.59 Å². The highest BCUT2D eigenvalue weighted by atomic mass is 19.2. The first-order valence-electron chi connectivity index (χ1n) is 5.58. The van der Waals surface area contributed by atoms with Crippen LogP contribution >= 0.6 is 0 Å². The average Bonchev–Trinajstić information content (AvgIpc) is 2.32. The molecule has 5 nitrogen and oxygen atoms in total. The molecule has 0 unspecified atom stereocenters. The van der Waals surface area contributed by atoms with Crippen molar-refractivity contribution < 1.29 is 23.5 Å². The van der Waals surface area contributed by atoms with Gasteiger partial charge >= 0.3 is 5.97 Å². The standard InChI is InChI=1S/C12H14F2N2O3/c13-8-2-1-7(5-9(8)14)6-16-10(12(15)19)3-4-11(17)18/h1-2,5,10,16H,3-4,6H2,(H2,15,19)(H,17,18)/t10-/m0/s1. The summed E-state index contributed by atoms with van der Waals surface area (Å²) in [5, 5.41) is 11.2. The number of nitrogens with two attached hydrogens (primary N) is 1. The molecule has 0 spiro atoms.